The van der Waals surface area contributed by atoms with Crippen molar-refractivity contribution in [1.82, 2.24) is 20.4 Å². The number of carbonyl (C=O) groups is 2. The van der Waals surface area contributed by atoms with Crippen LogP contribution in [0.15, 0.2) is 4.52 Å². The molecule has 8 heteroatoms. The van der Waals surface area contributed by atoms with Gasteiger partial charge in [-0.05, 0) is 18.3 Å². The first-order chi connectivity index (χ1) is 11.3. The van der Waals surface area contributed by atoms with E-state index in [1.165, 1.54) is 0 Å². The third-order valence-corrected chi connectivity index (χ3v) is 5.03. The first kappa shape index (κ1) is 17.3. The molecule has 2 heterocycles. The van der Waals surface area contributed by atoms with Gasteiger partial charge >= 0.3 is 0 Å². The number of rotatable bonds is 5. The monoisotopic (exact) mass is 352 g/mol. The predicted molar refractivity (Wildman–Crippen MR) is 90.2 cm³/mol. The summed E-state index contributed by atoms with van der Waals surface area (Å²) in [7, 11) is 0. The molecular weight excluding hydrogens is 328 g/mol. The molecule has 0 radical (unpaired) electrons. The average Bonchev–Trinajstić information content (AvgIpc) is 3.04. The summed E-state index contributed by atoms with van der Waals surface area (Å²) >= 11 is 1.61. The van der Waals surface area contributed by atoms with Gasteiger partial charge in [-0.25, -0.2) is 0 Å². The molecule has 1 unspecified atom stereocenters. The van der Waals surface area contributed by atoms with Crippen molar-refractivity contribution in [2.24, 2.45) is 5.41 Å². The van der Waals surface area contributed by atoms with Gasteiger partial charge in [0.25, 0.3) is 0 Å². The fourth-order valence-corrected chi connectivity index (χ4v) is 3.76. The molecule has 1 saturated heterocycles. The summed E-state index contributed by atoms with van der Waals surface area (Å²) in [4.78, 5) is 30.8. The van der Waals surface area contributed by atoms with E-state index in [1.807, 2.05) is 20.8 Å². The van der Waals surface area contributed by atoms with Gasteiger partial charge in [-0.2, -0.15) is 4.98 Å². The Labute approximate surface area is 145 Å². The Morgan fingerprint density at radius 3 is 2.79 bits per heavy atom. The normalized spacial score (nSPS) is 21.1. The topological polar surface area (TPSA) is 88.3 Å². The highest BCUT2D eigenvalue weighted by Gasteiger charge is 2.36. The highest BCUT2D eigenvalue weighted by molar-refractivity contribution is 7.99. The smallest absolute Gasteiger partial charge is 0.244 e. The molecule has 0 spiro atoms. The number of hydrogen-bond acceptors (Lipinski definition) is 6. The second-order valence-electron chi connectivity index (χ2n) is 7.66. The van der Waals surface area contributed by atoms with Crippen LogP contribution in [-0.4, -0.2) is 44.5 Å². The quantitative estimate of drug-likeness (QED) is 0.871. The Hall–Kier alpha value is -1.57. The van der Waals surface area contributed by atoms with Crippen LogP contribution in [0.25, 0.3) is 0 Å². The van der Waals surface area contributed by atoms with Crippen LogP contribution in [0.2, 0.25) is 0 Å². The third kappa shape index (κ3) is 4.28. The van der Waals surface area contributed by atoms with E-state index in [4.69, 9.17) is 4.52 Å². The van der Waals surface area contributed by atoms with Crippen LogP contribution in [0.3, 0.4) is 0 Å². The maximum absolute atomic E-state index is 12.4. The van der Waals surface area contributed by atoms with Gasteiger partial charge < -0.3 is 14.7 Å². The van der Waals surface area contributed by atoms with Crippen molar-refractivity contribution in [2.45, 2.75) is 58.5 Å². The van der Waals surface area contributed by atoms with Crippen LogP contribution in [-0.2, 0) is 16.1 Å². The van der Waals surface area contributed by atoms with Crippen LogP contribution in [0, 0.1) is 5.41 Å². The van der Waals surface area contributed by atoms with Crippen LogP contribution in [0.5, 0.6) is 0 Å². The summed E-state index contributed by atoms with van der Waals surface area (Å²) in [5, 5.41) is 6.72. The summed E-state index contributed by atoms with van der Waals surface area (Å²) in [6, 6.07) is -0.417. The van der Waals surface area contributed by atoms with Gasteiger partial charge in [0.15, 0.2) is 5.82 Å². The number of hydrogen-bond donors (Lipinski definition) is 1. The van der Waals surface area contributed by atoms with E-state index in [0.717, 1.165) is 12.8 Å². The summed E-state index contributed by atoms with van der Waals surface area (Å²) < 4.78 is 5.18. The van der Waals surface area contributed by atoms with Crippen LogP contribution < -0.4 is 5.32 Å². The molecular formula is C16H24N4O3S. The van der Waals surface area contributed by atoms with E-state index in [-0.39, 0.29) is 23.8 Å². The van der Waals surface area contributed by atoms with E-state index in [2.05, 4.69) is 15.5 Å². The van der Waals surface area contributed by atoms with Crippen molar-refractivity contribution in [3.05, 3.63) is 11.7 Å². The maximum atomic E-state index is 12.4. The van der Waals surface area contributed by atoms with Gasteiger partial charge in [0, 0.05) is 18.1 Å². The Kier molecular flexibility index (Phi) is 4.85. The molecule has 1 saturated carbocycles. The van der Waals surface area contributed by atoms with E-state index in [9.17, 15) is 9.59 Å². The molecule has 3 rings (SSSR count). The van der Waals surface area contributed by atoms with Crippen LogP contribution in [0.4, 0.5) is 0 Å². The predicted octanol–water partition coefficient (Wildman–Crippen LogP) is 1.90. The zero-order valence-electron chi connectivity index (χ0n) is 14.4. The van der Waals surface area contributed by atoms with Gasteiger partial charge in [0.1, 0.15) is 6.04 Å². The number of nitrogens with one attached hydrogen (secondary N) is 1. The largest absolute Gasteiger partial charge is 0.347 e. The SMILES string of the molecule is CC(C)(C)CC(=O)N1CSCC1C(=O)NCc1noc(C2CC2)n1. The number of carbonyl (C=O) groups excluding carboxylic acids is 2. The Morgan fingerprint density at radius 1 is 1.38 bits per heavy atom. The van der Waals surface area contributed by atoms with Gasteiger partial charge in [-0.1, -0.05) is 25.9 Å². The summed E-state index contributed by atoms with van der Waals surface area (Å²) in [5.74, 6) is 2.63. The van der Waals surface area contributed by atoms with Gasteiger partial charge in [-0.3, -0.25) is 9.59 Å². The molecule has 1 aliphatic heterocycles. The lowest BCUT2D eigenvalue weighted by atomic mass is 9.91. The van der Waals surface area contributed by atoms with Crippen molar-refractivity contribution in [3.8, 4) is 0 Å². The Bertz CT molecular complexity index is 621. The molecule has 1 N–H and O–H groups in total. The summed E-state index contributed by atoms with van der Waals surface area (Å²) in [5.41, 5.74) is -0.0881. The van der Waals surface area contributed by atoms with Crippen molar-refractivity contribution >= 4 is 23.6 Å². The lowest BCUT2D eigenvalue weighted by molar-refractivity contribution is -0.139. The molecule has 7 nitrogen and oxygen atoms in total. The van der Waals surface area contributed by atoms with E-state index >= 15 is 0 Å². The highest BCUT2D eigenvalue weighted by Crippen LogP contribution is 2.38. The minimum Gasteiger partial charge on any atom is -0.347 e. The standard InChI is InChI=1S/C16H24N4O3S/c1-16(2,3)6-13(21)20-9-24-8-11(20)14(22)17-7-12-18-15(23-19-12)10-4-5-10/h10-11H,4-9H2,1-3H3,(H,17,22). The molecule has 1 aromatic heterocycles. The maximum Gasteiger partial charge on any atom is 0.244 e. The molecule has 0 aromatic carbocycles. The third-order valence-electron chi connectivity index (χ3n) is 4.02. The summed E-state index contributed by atoms with van der Waals surface area (Å²) in [6.45, 7) is 6.31. The molecule has 1 aliphatic carbocycles. The van der Waals surface area contributed by atoms with Crippen molar-refractivity contribution < 1.29 is 14.1 Å². The molecule has 0 bridgehead atoms. The lowest BCUT2D eigenvalue weighted by Crippen LogP contribution is -2.47. The van der Waals surface area contributed by atoms with Crippen molar-refractivity contribution in [1.29, 1.82) is 0 Å². The second-order valence-corrected chi connectivity index (χ2v) is 8.66. The fraction of sp³-hybridized carbons (Fsp3) is 0.750. The average molecular weight is 352 g/mol. The van der Waals surface area contributed by atoms with E-state index in [0.29, 0.717) is 35.7 Å². The van der Waals surface area contributed by atoms with Gasteiger partial charge in [0.2, 0.25) is 17.7 Å². The van der Waals surface area contributed by atoms with Crippen LogP contribution in [0.1, 0.15) is 57.7 Å². The number of aromatic nitrogens is 2. The first-order valence-electron chi connectivity index (χ1n) is 8.31. The van der Waals surface area contributed by atoms with Crippen molar-refractivity contribution in [3.63, 3.8) is 0 Å². The number of nitrogens with zero attached hydrogens (tertiary/aromatic N) is 3. The second kappa shape index (κ2) is 6.74. The highest BCUT2D eigenvalue weighted by atomic mass is 32.2. The molecule has 2 amide bonds. The van der Waals surface area contributed by atoms with E-state index in [1.54, 1.807) is 16.7 Å². The molecule has 132 valence electrons. The molecule has 2 aliphatic rings. The summed E-state index contributed by atoms with van der Waals surface area (Å²) in [6.07, 6.45) is 2.63. The van der Waals surface area contributed by atoms with Crippen LogP contribution >= 0.6 is 11.8 Å². The van der Waals surface area contributed by atoms with Crippen molar-refractivity contribution in [2.75, 3.05) is 11.6 Å². The molecule has 24 heavy (non-hydrogen) atoms. The first-order valence-corrected chi connectivity index (χ1v) is 9.46. The Balaban J connectivity index is 1.53. The number of amides is 2. The zero-order chi connectivity index (χ0) is 17.3. The number of thioether (sulfide) groups is 1. The zero-order valence-corrected chi connectivity index (χ0v) is 15.2. The van der Waals surface area contributed by atoms with Gasteiger partial charge in [-0.15, -0.1) is 11.8 Å². The molecule has 2 fully saturated rings. The van der Waals surface area contributed by atoms with Gasteiger partial charge in [0.05, 0.1) is 12.4 Å². The van der Waals surface area contributed by atoms with E-state index < -0.39 is 6.04 Å². The fourth-order valence-electron chi connectivity index (χ4n) is 2.58. The lowest BCUT2D eigenvalue weighted by Gasteiger charge is -2.26. The molecule has 1 atom stereocenters. The minimum atomic E-state index is -0.417. The minimum absolute atomic E-state index is 0.0308. The molecule has 1 aromatic rings. The Morgan fingerprint density at radius 2 is 2.12 bits per heavy atom.